The lowest BCUT2D eigenvalue weighted by Gasteiger charge is -2.23. The van der Waals surface area contributed by atoms with Gasteiger partial charge in [-0.1, -0.05) is 27.2 Å². The molecule has 0 bridgehead atoms. The molecule has 0 rings (SSSR count). The summed E-state index contributed by atoms with van der Waals surface area (Å²) in [6.07, 6.45) is 1.91. The van der Waals surface area contributed by atoms with Crippen molar-refractivity contribution in [3.63, 3.8) is 0 Å². The third-order valence-electron chi connectivity index (χ3n) is 2.01. The van der Waals surface area contributed by atoms with E-state index in [1.54, 1.807) is 0 Å². The van der Waals surface area contributed by atoms with Gasteiger partial charge in [0.05, 0.1) is 0 Å². The van der Waals surface area contributed by atoms with Crippen molar-refractivity contribution in [1.82, 2.24) is 10.2 Å². The number of carboxylic acids is 1. The minimum Gasteiger partial charge on any atom is -0.480 e. The Morgan fingerprint density at radius 1 is 1.38 bits per heavy atom. The van der Waals surface area contributed by atoms with Crippen LogP contribution >= 0.6 is 0 Å². The van der Waals surface area contributed by atoms with Crippen LogP contribution in [-0.2, 0) is 4.79 Å². The molecule has 0 aromatic carbocycles. The molecule has 94 valence electrons. The molecule has 0 aromatic rings. The highest BCUT2D eigenvalue weighted by atomic mass is 16.4. The number of rotatable bonds is 7. The molecule has 5 nitrogen and oxygen atoms in total. The Morgan fingerprint density at radius 3 is 2.44 bits per heavy atom. The largest absolute Gasteiger partial charge is 0.480 e. The van der Waals surface area contributed by atoms with Gasteiger partial charge in [0, 0.05) is 13.1 Å². The second-order valence-electron chi connectivity index (χ2n) is 4.25. The summed E-state index contributed by atoms with van der Waals surface area (Å²) in [5.74, 6) is -0.720. The SMILES string of the molecule is CCCCNC(=O)N(CC(=O)O)CC(C)C. The molecule has 0 saturated heterocycles. The van der Waals surface area contributed by atoms with E-state index in [2.05, 4.69) is 5.32 Å². The monoisotopic (exact) mass is 230 g/mol. The molecule has 0 spiro atoms. The van der Waals surface area contributed by atoms with E-state index in [-0.39, 0.29) is 18.5 Å². The van der Waals surface area contributed by atoms with Crippen molar-refractivity contribution in [2.45, 2.75) is 33.6 Å². The van der Waals surface area contributed by atoms with Crippen molar-refractivity contribution in [2.75, 3.05) is 19.6 Å². The number of hydrogen-bond donors (Lipinski definition) is 2. The number of nitrogens with one attached hydrogen (secondary N) is 1. The Balaban J connectivity index is 4.15. The molecule has 2 amide bonds. The molecule has 0 aromatic heterocycles. The number of carboxylic acid groups (broad SMARTS) is 1. The topological polar surface area (TPSA) is 69.6 Å². The summed E-state index contributed by atoms with van der Waals surface area (Å²) in [7, 11) is 0. The van der Waals surface area contributed by atoms with Crippen molar-refractivity contribution in [3.8, 4) is 0 Å². The fourth-order valence-corrected chi connectivity index (χ4v) is 1.31. The van der Waals surface area contributed by atoms with Gasteiger partial charge >= 0.3 is 12.0 Å². The number of carbonyl (C=O) groups is 2. The Hall–Kier alpha value is -1.26. The third kappa shape index (κ3) is 7.09. The van der Waals surface area contributed by atoms with Gasteiger partial charge in [0.2, 0.25) is 0 Å². The van der Waals surface area contributed by atoms with Crippen molar-refractivity contribution in [1.29, 1.82) is 0 Å². The van der Waals surface area contributed by atoms with E-state index in [0.717, 1.165) is 12.8 Å². The molecule has 2 N–H and O–H groups in total. The number of urea groups is 1. The average Bonchev–Trinajstić information content (AvgIpc) is 2.15. The Bertz CT molecular complexity index is 229. The molecule has 0 radical (unpaired) electrons. The van der Waals surface area contributed by atoms with Gasteiger partial charge in [-0.2, -0.15) is 0 Å². The lowest BCUT2D eigenvalue weighted by atomic mass is 10.2. The summed E-state index contributed by atoms with van der Waals surface area (Å²) in [5, 5.41) is 11.4. The molecule has 16 heavy (non-hydrogen) atoms. The van der Waals surface area contributed by atoms with Gasteiger partial charge in [-0.25, -0.2) is 4.79 Å². The summed E-state index contributed by atoms with van der Waals surface area (Å²) in [6.45, 7) is 6.77. The highest BCUT2D eigenvalue weighted by Gasteiger charge is 2.16. The molecule has 0 aliphatic heterocycles. The predicted octanol–water partition coefficient (Wildman–Crippen LogP) is 1.54. The fourth-order valence-electron chi connectivity index (χ4n) is 1.31. The van der Waals surface area contributed by atoms with Crippen LogP contribution in [0.25, 0.3) is 0 Å². The first-order valence-corrected chi connectivity index (χ1v) is 5.72. The molecule has 0 aliphatic carbocycles. The molecule has 0 fully saturated rings. The van der Waals surface area contributed by atoms with Crippen LogP contribution in [0.4, 0.5) is 4.79 Å². The van der Waals surface area contributed by atoms with E-state index in [0.29, 0.717) is 13.1 Å². The van der Waals surface area contributed by atoms with Crippen molar-refractivity contribution in [3.05, 3.63) is 0 Å². The number of carbonyl (C=O) groups excluding carboxylic acids is 1. The summed E-state index contributed by atoms with van der Waals surface area (Å²) in [6, 6.07) is -0.287. The Kier molecular flexibility index (Phi) is 7.33. The smallest absolute Gasteiger partial charge is 0.323 e. The Labute approximate surface area is 96.8 Å². The maximum Gasteiger partial charge on any atom is 0.323 e. The summed E-state index contributed by atoms with van der Waals surface area (Å²) < 4.78 is 0. The Morgan fingerprint density at radius 2 is 2.00 bits per heavy atom. The molecule has 0 heterocycles. The second kappa shape index (κ2) is 7.96. The zero-order chi connectivity index (χ0) is 12.6. The maximum absolute atomic E-state index is 11.6. The number of aliphatic carboxylic acids is 1. The molecule has 5 heteroatoms. The normalized spacial score (nSPS) is 10.2. The van der Waals surface area contributed by atoms with Crippen molar-refractivity contribution in [2.24, 2.45) is 5.92 Å². The van der Waals surface area contributed by atoms with Crippen LogP contribution in [0.2, 0.25) is 0 Å². The zero-order valence-electron chi connectivity index (χ0n) is 10.3. The van der Waals surface area contributed by atoms with E-state index in [1.807, 2.05) is 20.8 Å². The van der Waals surface area contributed by atoms with Crippen LogP contribution in [0.15, 0.2) is 0 Å². The summed E-state index contributed by atoms with van der Waals surface area (Å²) >= 11 is 0. The molecule has 0 unspecified atom stereocenters. The first kappa shape index (κ1) is 14.7. The van der Waals surface area contributed by atoms with E-state index >= 15 is 0 Å². The average molecular weight is 230 g/mol. The van der Waals surface area contributed by atoms with E-state index < -0.39 is 5.97 Å². The van der Waals surface area contributed by atoms with Gasteiger partial charge in [0.15, 0.2) is 0 Å². The summed E-state index contributed by atoms with van der Waals surface area (Å²) in [5.41, 5.74) is 0. The van der Waals surface area contributed by atoms with E-state index in [9.17, 15) is 9.59 Å². The van der Waals surface area contributed by atoms with Crippen molar-refractivity contribution < 1.29 is 14.7 Å². The minimum absolute atomic E-state index is 0.240. The molecular formula is C11H22N2O3. The molecular weight excluding hydrogens is 208 g/mol. The van der Waals surface area contributed by atoms with Crippen LogP contribution in [0.5, 0.6) is 0 Å². The highest BCUT2D eigenvalue weighted by Crippen LogP contribution is 1.99. The minimum atomic E-state index is -0.980. The van der Waals surface area contributed by atoms with Crippen LogP contribution in [0.1, 0.15) is 33.6 Å². The lowest BCUT2D eigenvalue weighted by molar-refractivity contribution is -0.137. The van der Waals surface area contributed by atoms with Crippen LogP contribution in [0.3, 0.4) is 0 Å². The van der Waals surface area contributed by atoms with Crippen molar-refractivity contribution >= 4 is 12.0 Å². The van der Waals surface area contributed by atoms with Gasteiger partial charge in [-0.3, -0.25) is 4.79 Å². The van der Waals surface area contributed by atoms with Gasteiger partial charge in [-0.15, -0.1) is 0 Å². The fraction of sp³-hybridized carbons (Fsp3) is 0.818. The van der Waals surface area contributed by atoms with Gasteiger partial charge in [0.1, 0.15) is 6.54 Å². The van der Waals surface area contributed by atoms with Gasteiger partial charge < -0.3 is 15.3 Å². The first-order valence-electron chi connectivity index (χ1n) is 5.72. The number of unbranched alkanes of at least 4 members (excludes halogenated alkanes) is 1. The molecule has 0 aliphatic rings. The van der Waals surface area contributed by atoms with Gasteiger partial charge in [0.25, 0.3) is 0 Å². The predicted molar refractivity (Wildman–Crippen MR) is 62.4 cm³/mol. The van der Waals surface area contributed by atoms with Crippen LogP contribution in [0, 0.1) is 5.92 Å². The number of hydrogen-bond acceptors (Lipinski definition) is 2. The molecule has 0 atom stereocenters. The van der Waals surface area contributed by atoms with Crippen LogP contribution < -0.4 is 5.32 Å². The van der Waals surface area contributed by atoms with Crippen LogP contribution in [-0.4, -0.2) is 41.6 Å². The van der Waals surface area contributed by atoms with Gasteiger partial charge in [-0.05, 0) is 12.3 Å². The second-order valence-corrected chi connectivity index (χ2v) is 4.25. The quantitative estimate of drug-likeness (QED) is 0.652. The first-order chi connectivity index (χ1) is 7.47. The van der Waals surface area contributed by atoms with E-state index in [4.69, 9.17) is 5.11 Å². The zero-order valence-corrected chi connectivity index (χ0v) is 10.3. The number of nitrogens with zero attached hydrogens (tertiary/aromatic N) is 1. The maximum atomic E-state index is 11.6. The lowest BCUT2D eigenvalue weighted by Crippen LogP contribution is -2.44. The number of amides is 2. The molecule has 0 saturated carbocycles. The standard InChI is InChI=1S/C11H22N2O3/c1-4-5-6-12-11(16)13(7-9(2)3)8-10(14)15/h9H,4-8H2,1-3H3,(H,12,16)(H,14,15). The third-order valence-corrected chi connectivity index (χ3v) is 2.01. The highest BCUT2D eigenvalue weighted by molar-refractivity contribution is 5.80. The summed E-state index contributed by atoms with van der Waals surface area (Å²) in [4.78, 5) is 23.6. The van der Waals surface area contributed by atoms with E-state index in [1.165, 1.54) is 4.90 Å².